The van der Waals surface area contributed by atoms with Crippen LogP contribution in [0.1, 0.15) is 33.6 Å². The molecule has 19 heavy (non-hydrogen) atoms. The van der Waals surface area contributed by atoms with Gasteiger partial charge in [0.2, 0.25) is 0 Å². The van der Waals surface area contributed by atoms with Gasteiger partial charge in [0.05, 0.1) is 37.6 Å². The molecule has 112 valence electrons. The number of ether oxygens (including phenoxy) is 3. The van der Waals surface area contributed by atoms with Crippen molar-refractivity contribution in [3.63, 3.8) is 0 Å². The van der Waals surface area contributed by atoms with Gasteiger partial charge in [0.1, 0.15) is 0 Å². The van der Waals surface area contributed by atoms with Gasteiger partial charge in [-0.3, -0.25) is 0 Å². The van der Waals surface area contributed by atoms with Crippen molar-refractivity contribution in [2.24, 2.45) is 11.8 Å². The molecule has 0 spiro atoms. The lowest BCUT2D eigenvalue weighted by atomic mass is 9.93. The van der Waals surface area contributed by atoms with E-state index in [4.69, 9.17) is 14.2 Å². The minimum absolute atomic E-state index is 0.0173. The monoisotopic (exact) mass is 274 g/mol. The highest BCUT2D eigenvalue weighted by Crippen LogP contribution is 2.30. The van der Waals surface area contributed by atoms with E-state index in [0.29, 0.717) is 19.6 Å². The fourth-order valence-electron chi connectivity index (χ4n) is 2.65. The number of aliphatic hydroxyl groups is 2. The molecule has 0 amide bonds. The Bertz CT molecular complexity index is 285. The molecule has 0 bridgehead atoms. The fourth-order valence-corrected chi connectivity index (χ4v) is 2.65. The van der Waals surface area contributed by atoms with E-state index in [1.807, 2.05) is 20.8 Å². The lowest BCUT2D eigenvalue weighted by molar-refractivity contribution is -0.281. The second-order valence-corrected chi connectivity index (χ2v) is 5.84. The third-order valence-electron chi connectivity index (χ3n) is 4.40. The number of hydrogen-bond acceptors (Lipinski definition) is 5. The highest BCUT2D eigenvalue weighted by molar-refractivity contribution is 4.82. The highest BCUT2D eigenvalue weighted by Gasteiger charge is 2.39. The van der Waals surface area contributed by atoms with Crippen LogP contribution < -0.4 is 0 Å². The Morgan fingerprint density at radius 2 is 1.84 bits per heavy atom. The Balaban J connectivity index is 1.96. The summed E-state index contributed by atoms with van der Waals surface area (Å²) in [7, 11) is 0. The van der Waals surface area contributed by atoms with Gasteiger partial charge in [-0.25, -0.2) is 0 Å². The van der Waals surface area contributed by atoms with Crippen molar-refractivity contribution < 1.29 is 24.4 Å². The summed E-state index contributed by atoms with van der Waals surface area (Å²) >= 11 is 0. The van der Waals surface area contributed by atoms with E-state index in [9.17, 15) is 10.2 Å². The molecular formula is C14H26O5. The summed E-state index contributed by atoms with van der Waals surface area (Å²) in [6.07, 6.45) is 0.0767. The van der Waals surface area contributed by atoms with Crippen LogP contribution in [0.25, 0.3) is 0 Å². The maximum atomic E-state index is 10.1. The first-order valence-electron chi connectivity index (χ1n) is 7.27. The predicted octanol–water partition coefficient (Wildman–Crippen LogP) is 0.921. The number of rotatable bonds is 3. The van der Waals surface area contributed by atoms with Gasteiger partial charge in [-0.2, -0.15) is 0 Å². The zero-order valence-corrected chi connectivity index (χ0v) is 12.0. The maximum absolute atomic E-state index is 10.1. The molecule has 5 heteroatoms. The van der Waals surface area contributed by atoms with E-state index in [-0.39, 0.29) is 24.0 Å². The lowest BCUT2D eigenvalue weighted by Gasteiger charge is -2.42. The molecule has 0 aliphatic carbocycles. The first-order valence-corrected chi connectivity index (χ1v) is 7.27. The van der Waals surface area contributed by atoms with Gasteiger partial charge in [-0.05, 0) is 6.42 Å². The molecular weight excluding hydrogens is 248 g/mol. The second kappa shape index (κ2) is 6.50. The van der Waals surface area contributed by atoms with E-state index in [1.165, 1.54) is 0 Å². The topological polar surface area (TPSA) is 68.2 Å². The quantitative estimate of drug-likeness (QED) is 0.801. The summed E-state index contributed by atoms with van der Waals surface area (Å²) in [5.41, 5.74) is 0. The molecule has 7 atom stereocenters. The van der Waals surface area contributed by atoms with Crippen LogP contribution in [0.5, 0.6) is 0 Å². The summed E-state index contributed by atoms with van der Waals surface area (Å²) in [6.45, 7) is 6.77. The van der Waals surface area contributed by atoms with Crippen molar-refractivity contribution in [3.8, 4) is 0 Å². The van der Waals surface area contributed by atoms with Crippen molar-refractivity contribution in [1.29, 1.82) is 0 Å². The van der Waals surface area contributed by atoms with Gasteiger partial charge < -0.3 is 24.4 Å². The van der Waals surface area contributed by atoms with Crippen LogP contribution in [-0.2, 0) is 14.2 Å². The van der Waals surface area contributed by atoms with Crippen molar-refractivity contribution in [1.82, 2.24) is 0 Å². The Labute approximate surface area is 114 Å². The Hall–Kier alpha value is -0.200. The molecule has 0 saturated carbocycles. The molecule has 0 radical (unpaired) electrons. The largest absolute Gasteiger partial charge is 0.393 e. The highest BCUT2D eigenvalue weighted by atomic mass is 16.7. The fraction of sp³-hybridized carbons (Fsp3) is 1.00. The van der Waals surface area contributed by atoms with Crippen molar-refractivity contribution in [2.75, 3.05) is 13.2 Å². The lowest BCUT2D eigenvalue weighted by Crippen LogP contribution is -2.50. The van der Waals surface area contributed by atoms with E-state index < -0.39 is 18.5 Å². The zero-order valence-electron chi connectivity index (χ0n) is 12.0. The molecule has 0 aromatic rings. The average Bonchev–Trinajstić information content (AvgIpc) is 2.39. The van der Waals surface area contributed by atoms with Crippen LogP contribution in [0.4, 0.5) is 0 Å². The average molecular weight is 274 g/mol. The summed E-state index contributed by atoms with van der Waals surface area (Å²) in [4.78, 5) is 0. The minimum atomic E-state index is -0.496. The third-order valence-corrected chi connectivity index (χ3v) is 4.40. The molecule has 2 aliphatic heterocycles. The normalized spacial score (nSPS) is 48.2. The van der Waals surface area contributed by atoms with Crippen molar-refractivity contribution >= 4 is 0 Å². The van der Waals surface area contributed by atoms with Gasteiger partial charge in [0.25, 0.3) is 0 Å². The summed E-state index contributed by atoms with van der Waals surface area (Å²) in [5, 5.41) is 19.9. The zero-order chi connectivity index (χ0) is 14.0. The van der Waals surface area contributed by atoms with Gasteiger partial charge >= 0.3 is 0 Å². The first kappa shape index (κ1) is 15.2. The van der Waals surface area contributed by atoms with Gasteiger partial charge in [-0.15, -0.1) is 0 Å². The van der Waals surface area contributed by atoms with Crippen molar-refractivity contribution in [3.05, 3.63) is 0 Å². The van der Waals surface area contributed by atoms with Crippen LogP contribution in [0.2, 0.25) is 0 Å². The molecule has 2 heterocycles. The molecule has 7 unspecified atom stereocenters. The first-order chi connectivity index (χ1) is 9.02. The maximum Gasteiger partial charge on any atom is 0.163 e. The van der Waals surface area contributed by atoms with Crippen LogP contribution >= 0.6 is 0 Å². The minimum Gasteiger partial charge on any atom is -0.393 e. The van der Waals surface area contributed by atoms with E-state index in [0.717, 1.165) is 6.42 Å². The summed E-state index contributed by atoms with van der Waals surface area (Å²) < 4.78 is 17.2. The van der Waals surface area contributed by atoms with Gasteiger partial charge in [0.15, 0.2) is 6.29 Å². The molecule has 5 nitrogen and oxygen atoms in total. The predicted molar refractivity (Wildman–Crippen MR) is 69.6 cm³/mol. The number of aliphatic hydroxyl groups excluding tert-OH is 2. The van der Waals surface area contributed by atoms with E-state index in [2.05, 4.69) is 0 Å². The van der Waals surface area contributed by atoms with Gasteiger partial charge in [-0.1, -0.05) is 20.8 Å². The molecule has 2 N–H and O–H groups in total. The SMILES string of the molecule is CCC1CC(O)C(C)C(OC2COCC(O)C2C)O1. The molecule has 2 rings (SSSR count). The standard InChI is InChI=1S/C14H26O5/c1-4-10-5-11(15)9(3)14(18-10)19-13-7-17-6-12(16)8(13)2/h8-16H,4-7H2,1-3H3. The van der Waals surface area contributed by atoms with Crippen LogP contribution in [0.15, 0.2) is 0 Å². The third kappa shape index (κ3) is 3.47. The molecule has 2 fully saturated rings. The Kier molecular flexibility index (Phi) is 5.20. The van der Waals surface area contributed by atoms with Crippen LogP contribution in [0.3, 0.4) is 0 Å². The van der Waals surface area contributed by atoms with Crippen molar-refractivity contribution in [2.45, 2.75) is 64.3 Å². The molecule has 0 aromatic carbocycles. The Morgan fingerprint density at radius 3 is 2.53 bits per heavy atom. The van der Waals surface area contributed by atoms with E-state index in [1.54, 1.807) is 0 Å². The summed E-state index contributed by atoms with van der Waals surface area (Å²) in [6, 6.07) is 0. The smallest absolute Gasteiger partial charge is 0.163 e. The Morgan fingerprint density at radius 1 is 1.11 bits per heavy atom. The van der Waals surface area contributed by atoms with E-state index >= 15 is 0 Å². The molecule has 2 aliphatic rings. The molecule has 0 aromatic heterocycles. The second-order valence-electron chi connectivity index (χ2n) is 5.84. The molecule has 2 saturated heterocycles. The number of hydrogen-bond donors (Lipinski definition) is 2. The van der Waals surface area contributed by atoms with Crippen LogP contribution in [0, 0.1) is 11.8 Å². The van der Waals surface area contributed by atoms with Gasteiger partial charge in [0, 0.05) is 18.3 Å². The summed E-state index contributed by atoms with van der Waals surface area (Å²) in [5.74, 6) is -0.0437. The van der Waals surface area contributed by atoms with Crippen LogP contribution in [-0.4, -0.2) is 54.1 Å².